The van der Waals surface area contributed by atoms with Crippen molar-refractivity contribution in [3.63, 3.8) is 0 Å². The van der Waals surface area contributed by atoms with Gasteiger partial charge in [0.2, 0.25) is 11.8 Å². The lowest BCUT2D eigenvalue weighted by Crippen LogP contribution is -2.55. The first-order chi connectivity index (χ1) is 20.8. The van der Waals surface area contributed by atoms with E-state index in [-0.39, 0.29) is 49.4 Å². The predicted octanol–water partition coefficient (Wildman–Crippen LogP) is 2.29. The smallest absolute Gasteiger partial charge is 0.236 e. The first-order valence-corrected chi connectivity index (χ1v) is 15.1. The Morgan fingerprint density at radius 3 is 1.66 bits per heavy atom. The summed E-state index contributed by atoms with van der Waals surface area (Å²) in [6.07, 6.45) is 8.69. The van der Waals surface area contributed by atoms with Gasteiger partial charge in [-0.3, -0.25) is 14.9 Å². The number of fused-ring (bicyclic) bond motifs is 2. The number of piperidine rings is 2. The van der Waals surface area contributed by atoms with Crippen LogP contribution in [0.1, 0.15) is 26.7 Å². The third kappa shape index (κ3) is 6.16. The van der Waals surface area contributed by atoms with E-state index in [9.17, 15) is 9.59 Å². The van der Waals surface area contributed by atoms with Gasteiger partial charge < -0.3 is 29.6 Å². The first kappa shape index (κ1) is 31.5. The van der Waals surface area contributed by atoms with Gasteiger partial charge in [-0.05, 0) is 36.8 Å². The first-order valence-electron chi connectivity index (χ1n) is 15.1. The standard InChI is InChI=1S/C30H41N11O2.ClH/c1-19-7-11-40(15-23(19)38(3)29-21-5-9-32-27(21)34-17-36-29)25(42)13-31-14-26(43)41-12-8-20(2)24(16-41)39(4)30-22-6-10-33-28(22)35-18-37-30;/h5-6,9-10,17-20,23-24,31H,7-8,11-16H2,1-4H3,(H,32,34,36)(H,33,35,37);1H/t19-,20-,23+,24+;/m1./s1. The SMILES string of the molecule is C[C@@H]1CCN(C(=O)CNCC(=O)N2CC[C@@H](C)[C@@H](N(C)c3ncnc4[nH]ccc34)C2)C[C@@H]1N(C)c1ncnc2[nH]ccc12.Cl. The minimum absolute atomic E-state index is 0. The summed E-state index contributed by atoms with van der Waals surface area (Å²) in [6.45, 7) is 7.35. The van der Waals surface area contributed by atoms with Crippen LogP contribution in [0.25, 0.3) is 22.1 Å². The summed E-state index contributed by atoms with van der Waals surface area (Å²) in [4.78, 5) is 58.6. The fraction of sp³-hybridized carbons (Fsp3) is 0.533. The molecular formula is C30H42ClN11O2. The van der Waals surface area contributed by atoms with Gasteiger partial charge in [0.25, 0.3) is 0 Å². The minimum Gasteiger partial charge on any atom is -0.354 e. The summed E-state index contributed by atoms with van der Waals surface area (Å²) < 4.78 is 0. The van der Waals surface area contributed by atoms with E-state index in [0.29, 0.717) is 38.0 Å². The molecule has 6 heterocycles. The van der Waals surface area contributed by atoms with Gasteiger partial charge in [-0.15, -0.1) is 12.4 Å². The number of carbonyl (C=O) groups excluding carboxylic acids is 2. The average Bonchev–Trinajstić information content (AvgIpc) is 3.70. The number of nitrogens with one attached hydrogen (secondary N) is 3. The molecule has 0 radical (unpaired) electrons. The van der Waals surface area contributed by atoms with Crippen LogP contribution in [0.5, 0.6) is 0 Å². The normalized spacial score (nSPS) is 22.2. The zero-order valence-electron chi connectivity index (χ0n) is 25.7. The fourth-order valence-electron chi connectivity index (χ4n) is 6.65. The summed E-state index contributed by atoms with van der Waals surface area (Å²) >= 11 is 0. The van der Waals surface area contributed by atoms with Crippen LogP contribution in [0.4, 0.5) is 11.6 Å². The third-order valence-corrected chi connectivity index (χ3v) is 9.42. The number of amides is 2. The molecule has 0 unspecified atom stereocenters. The quantitative estimate of drug-likeness (QED) is 0.269. The lowest BCUT2D eigenvalue weighted by atomic mass is 9.92. The number of H-pyrrole nitrogens is 2. The molecule has 2 saturated heterocycles. The summed E-state index contributed by atoms with van der Waals surface area (Å²) in [5.74, 6) is 2.54. The maximum absolute atomic E-state index is 13.2. The highest BCUT2D eigenvalue weighted by Gasteiger charge is 2.34. The maximum Gasteiger partial charge on any atom is 0.236 e. The number of likely N-dealkylation sites (tertiary alicyclic amines) is 2. The molecule has 13 nitrogen and oxygen atoms in total. The van der Waals surface area contributed by atoms with E-state index >= 15 is 0 Å². The van der Waals surface area contributed by atoms with Gasteiger partial charge in [0.1, 0.15) is 35.6 Å². The molecule has 4 aromatic rings. The Bertz CT molecular complexity index is 1480. The number of halogens is 1. The van der Waals surface area contributed by atoms with Crippen molar-refractivity contribution in [2.45, 2.75) is 38.8 Å². The lowest BCUT2D eigenvalue weighted by molar-refractivity contribution is -0.133. The molecule has 44 heavy (non-hydrogen) atoms. The average molecular weight is 624 g/mol. The van der Waals surface area contributed by atoms with E-state index in [4.69, 9.17) is 0 Å². The van der Waals surface area contributed by atoms with Gasteiger partial charge in [0, 0.05) is 52.7 Å². The number of likely N-dealkylation sites (N-methyl/N-ethyl adjacent to an activating group) is 2. The lowest BCUT2D eigenvalue weighted by Gasteiger charge is -2.42. The highest BCUT2D eigenvalue weighted by atomic mass is 35.5. The molecule has 4 aromatic heterocycles. The second-order valence-corrected chi connectivity index (χ2v) is 12.0. The Morgan fingerprint density at radius 1 is 0.795 bits per heavy atom. The summed E-state index contributed by atoms with van der Waals surface area (Å²) in [6, 6.07) is 4.22. The van der Waals surface area contributed by atoms with E-state index in [0.717, 1.165) is 46.5 Å². The number of carbonyl (C=O) groups is 2. The van der Waals surface area contributed by atoms with E-state index in [1.807, 2.05) is 48.4 Å². The molecule has 0 bridgehead atoms. The number of nitrogens with zero attached hydrogens (tertiary/aromatic N) is 8. The molecular weight excluding hydrogens is 582 g/mol. The minimum atomic E-state index is 0. The van der Waals surface area contributed by atoms with E-state index in [1.54, 1.807) is 12.7 Å². The van der Waals surface area contributed by atoms with Gasteiger partial charge >= 0.3 is 0 Å². The second kappa shape index (κ2) is 13.3. The van der Waals surface area contributed by atoms with Gasteiger partial charge in [-0.25, -0.2) is 19.9 Å². The zero-order chi connectivity index (χ0) is 30.1. The van der Waals surface area contributed by atoms with Gasteiger partial charge in [0.15, 0.2) is 0 Å². The fourth-order valence-corrected chi connectivity index (χ4v) is 6.65. The molecule has 6 rings (SSSR count). The molecule has 2 amide bonds. The zero-order valence-corrected chi connectivity index (χ0v) is 26.5. The Kier molecular flexibility index (Phi) is 9.54. The Balaban J connectivity index is 0.00000384. The highest BCUT2D eigenvalue weighted by molar-refractivity contribution is 5.88. The molecule has 4 atom stereocenters. The largest absolute Gasteiger partial charge is 0.354 e. The number of aromatic nitrogens is 6. The molecule has 0 saturated carbocycles. The van der Waals surface area contributed by atoms with Crippen LogP contribution < -0.4 is 15.1 Å². The predicted molar refractivity (Wildman–Crippen MR) is 173 cm³/mol. The molecule has 2 aliphatic heterocycles. The van der Waals surface area contributed by atoms with Gasteiger partial charge in [-0.2, -0.15) is 0 Å². The molecule has 14 heteroatoms. The molecule has 2 fully saturated rings. The molecule has 236 valence electrons. The Morgan fingerprint density at radius 2 is 1.23 bits per heavy atom. The van der Waals surface area contributed by atoms with Crippen molar-refractivity contribution < 1.29 is 9.59 Å². The molecule has 3 N–H and O–H groups in total. The Hall–Kier alpha value is -3.97. The van der Waals surface area contributed by atoms with Crippen molar-refractivity contribution >= 4 is 57.9 Å². The summed E-state index contributed by atoms with van der Waals surface area (Å²) in [5.41, 5.74) is 1.60. The van der Waals surface area contributed by atoms with Crippen LogP contribution in [-0.2, 0) is 9.59 Å². The van der Waals surface area contributed by atoms with Crippen molar-refractivity contribution in [2.75, 3.05) is 63.2 Å². The number of anilines is 2. The van der Waals surface area contributed by atoms with E-state index < -0.39 is 0 Å². The van der Waals surface area contributed by atoms with E-state index in [1.165, 1.54) is 0 Å². The second-order valence-electron chi connectivity index (χ2n) is 12.0. The third-order valence-electron chi connectivity index (χ3n) is 9.42. The number of rotatable bonds is 8. The van der Waals surface area contributed by atoms with Crippen molar-refractivity contribution in [1.82, 2.24) is 45.0 Å². The molecule has 2 aliphatic rings. The van der Waals surface area contributed by atoms with Crippen LogP contribution >= 0.6 is 12.4 Å². The van der Waals surface area contributed by atoms with E-state index in [2.05, 4.69) is 58.9 Å². The van der Waals surface area contributed by atoms with Gasteiger partial charge in [-0.1, -0.05) is 13.8 Å². The van der Waals surface area contributed by atoms with Crippen LogP contribution in [-0.4, -0.2) is 117 Å². The maximum atomic E-state index is 13.2. The van der Waals surface area contributed by atoms with Crippen LogP contribution in [0.15, 0.2) is 37.2 Å². The molecule has 0 aromatic carbocycles. The van der Waals surface area contributed by atoms with Crippen LogP contribution in [0.2, 0.25) is 0 Å². The van der Waals surface area contributed by atoms with Crippen LogP contribution in [0, 0.1) is 11.8 Å². The Labute approximate surface area is 263 Å². The number of aromatic amines is 2. The highest BCUT2D eigenvalue weighted by Crippen LogP contribution is 2.30. The summed E-state index contributed by atoms with van der Waals surface area (Å²) in [7, 11) is 4.08. The molecule has 0 aliphatic carbocycles. The van der Waals surface area contributed by atoms with Crippen LogP contribution in [0.3, 0.4) is 0 Å². The van der Waals surface area contributed by atoms with Crippen molar-refractivity contribution in [3.8, 4) is 0 Å². The van der Waals surface area contributed by atoms with Crippen molar-refractivity contribution in [3.05, 3.63) is 37.2 Å². The van der Waals surface area contributed by atoms with Crippen molar-refractivity contribution in [2.24, 2.45) is 11.8 Å². The van der Waals surface area contributed by atoms with Crippen molar-refractivity contribution in [1.29, 1.82) is 0 Å². The number of hydrogen-bond donors (Lipinski definition) is 3. The molecule has 0 spiro atoms. The number of hydrogen-bond acceptors (Lipinski definition) is 9. The summed E-state index contributed by atoms with van der Waals surface area (Å²) in [5, 5.41) is 5.07. The topological polar surface area (TPSA) is 142 Å². The van der Waals surface area contributed by atoms with Gasteiger partial charge in [0.05, 0.1) is 35.9 Å². The monoisotopic (exact) mass is 623 g/mol.